The molecule has 1 aromatic carbocycles. The zero-order valence-corrected chi connectivity index (χ0v) is 16.3. The van der Waals surface area contributed by atoms with Crippen molar-refractivity contribution in [2.45, 2.75) is 20.8 Å². The summed E-state index contributed by atoms with van der Waals surface area (Å²) in [5, 5.41) is 11.2. The van der Waals surface area contributed by atoms with Crippen molar-refractivity contribution in [3.63, 3.8) is 0 Å². The Morgan fingerprint density at radius 1 is 1.29 bits per heavy atom. The number of aryl methyl sites for hydroxylation is 3. The van der Waals surface area contributed by atoms with Gasteiger partial charge in [0.25, 0.3) is 11.8 Å². The van der Waals surface area contributed by atoms with Gasteiger partial charge in [0.05, 0.1) is 16.4 Å². The summed E-state index contributed by atoms with van der Waals surface area (Å²) in [6, 6.07) is 5.44. The standard InChI is InChI=1S/C18H17N5O4S/c1-9-4-5-13-12(6-9)23(15(25)8-26-13)7-14(24)20-18-22-21-17(27-18)16-10(2)19-11(3)28-16/h4-6H,7-8H2,1-3H3,(H,20,22,24). The van der Waals surface area contributed by atoms with Gasteiger partial charge in [0, 0.05) is 0 Å². The predicted octanol–water partition coefficient (Wildman–Crippen LogP) is 2.48. The second-order valence-electron chi connectivity index (χ2n) is 6.35. The van der Waals surface area contributed by atoms with Crippen molar-refractivity contribution in [1.82, 2.24) is 15.2 Å². The van der Waals surface area contributed by atoms with E-state index in [2.05, 4.69) is 20.5 Å². The Balaban J connectivity index is 1.49. The molecular weight excluding hydrogens is 382 g/mol. The SMILES string of the molecule is Cc1ccc2c(c1)N(CC(=O)Nc1nnc(-c3sc(C)nc3C)o1)C(=O)CO2. The van der Waals surface area contributed by atoms with Gasteiger partial charge in [-0.2, -0.15) is 0 Å². The first-order valence-electron chi connectivity index (χ1n) is 8.52. The van der Waals surface area contributed by atoms with Crippen LogP contribution in [0.15, 0.2) is 22.6 Å². The third kappa shape index (κ3) is 3.46. The lowest BCUT2D eigenvalue weighted by atomic mass is 10.1. The molecule has 0 fully saturated rings. The van der Waals surface area contributed by atoms with Crippen molar-refractivity contribution in [1.29, 1.82) is 0 Å². The summed E-state index contributed by atoms with van der Waals surface area (Å²) in [6.45, 7) is 5.34. The van der Waals surface area contributed by atoms with Gasteiger partial charge in [-0.15, -0.1) is 16.4 Å². The average Bonchev–Trinajstić information content (AvgIpc) is 3.23. The highest BCUT2D eigenvalue weighted by Crippen LogP contribution is 2.33. The van der Waals surface area contributed by atoms with Crippen LogP contribution in [0.2, 0.25) is 0 Å². The van der Waals surface area contributed by atoms with Gasteiger partial charge in [-0.1, -0.05) is 11.2 Å². The van der Waals surface area contributed by atoms with Crippen LogP contribution in [0.4, 0.5) is 11.7 Å². The van der Waals surface area contributed by atoms with Crippen molar-refractivity contribution in [3.8, 4) is 16.5 Å². The molecule has 2 aromatic heterocycles. The Kier molecular flexibility index (Phi) is 4.55. The summed E-state index contributed by atoms with van der Waals surface area (Å²) >= 11 is 1.44. The number of thiazole rings is 1. The van der Waals surface area contributed by atoms with Crippen LogP contribution < -0.4 is 15.0 Å². The number of carbonyl (C=O) groups is 2. The Labute approximate surface area is 164 Å². The van der Waals surface area contributed by atoms with Crippen LogP contribution in [-0.4, -0.2) is 40.1 Å². The monoisotopic (exact) mass is 399 g/mol. The molecule has 4 rings (SSSR count). The molecule has 10 heteroatoms. The maximum atomic E-state index is 12.5. The van der Waals surface area contributed by atoms with Crippen LogP contribution in [0.1, 0.15) is 16.3 Å². The highest BCUT2D eigenvalue weighted by Gasteiger charge is 2.28. The normalized spacial score (nSPS) is 13.2. The van der Waals surface area contributed by atoms with Gasteiger partial charge in [0.1, 0.15) is 17.2 Å². The number of benzene rings is 1. The predicted molar refractivity (Wildman–Crippen MR) is 103 cm³/mol. The van der Waals surface area contributed by atoms with Crippen molar-refractivity contribution in [2.75, 3.05) is 23.4 Å². The molecule has 3 aromatic rings. The number of hydrogen-bond donors (Lipinski definition) is 1. The summed E-state index contributed by atoms with van der Waals surface area (Å²) < 4.78 is 10.9. The van der Waals surface area contributed by atoms with E-state index < -0.39 is 5.91 Å². The van der Waals surface area contributed by atoms with E-state index in [4.69, 9.17) is 9.15 Å². The Bertz CT molecular complexity index is 1070. The molecule has 0 bridgehead atoms. The minimum atomic E-state index is -0.449. The van der Waals surface area contributed by atoms with Crippen molar-refractivity contribution < 1.29 is 18.7 Å². The number of fused-ring (bicyclic) bond motifs is 1. The summed E-state index contributed by atoms with van der Waals surface area (Å²) in [7, 11) is 0. The van der Waals surface area contributed by atoms with Gasteiger partial charge in [-0.3, -0.25) is 19.8 Å². The second-order valence-corrected chi connectivity index (χ2v) is 7.55. The minimum absolute atomic E-state index is 0.0318. The molecule has 28 heavy (non-hydrogen) atoms. The molecular formula is C18H17N5O4S. The average molecular weight is 399 g/mol. The third-order valence-electron chi connectivity index (χ3n) is 4.13. The van der Waals surface area contributed by atoms with E-state index in [1.165, 1.54) is 16.2 Å². The van der Waals surface area contributed by atoms with E-state index >= 15 is 0 Å². The number of rotatable bonds is 4. The van der Waals surface area contributed by atoms with E-state index in [9.17, 15) is 9.59 Å². The third-order valence-corrected chi connectivity index (χ3v) is 5.19. The molecule has 1 aliphatic rings. The Hall–Kier alpha value is -3.27. The quantitative estimate of drug-likeness (QED) is 0.717. The van der Waals surface area contributed by atoms with Crippen LogP contribution in [0, 0.1) is 20.8 Å². The van der Waals surface area contributed by atoms with Crippen LogP contribution in [-0.2, 0) is 9.59 Å². The summed E-state index contributed by atoms with van der Waals surface area (Å²) in [5.74, 6) is 0.112. The topological polar surface area (TPSA) is 110 Å². The first-order valence-corrected chi connectivity index (χ1v) is 9.34. The zero-order chi connectivity index (χ0) is 19.8. The molecule has 1 N–H and O–H groups in total. The van der Waals surface area contributed by atoms with Crippen LogP contribution in [0.25, 0.3) is 10.8 Å². The van der Waals surface area contributed by atoms with Crippen molar-refractivity contribution in [2.24, 2.45) is 0 Å². The maximum absolute atomic E-state index is 12.5. The number of amides is 2. The first-order chi connectivity index (χ1) is 13.4. The molecule has 3 heterocycles. The largest absolute Gasteiger partial charge is 0.482 e. The molecule has 0 atom stereocenters. The van der Waals surface area contributed by atoms with Gasteiger partial charge in [-0.25, -0.2) is 4.98 Å². The van der Waals surface area contributed by atoms with Crippen LogP contribution >= 0.6 is 11.3 Å². The molecule has 0 saturated heterocycles. The number of anilines is 2. The van der Waals surface area contributed by atoms with Gasteiger partial charge in [-0.05, 0) is 38.5 Å². The summed E-state index contributed by atoms with van der Waals surface area (Å²) in [4.78, 5) is 31.2. The fraction of sp³-hybridized carbons (Fsp3) is 0.278. The van der Waals surface area contributed by atoms with E-state index in [1.807, 2.05) is 26.8 Å². The van der Waals surface area contributed by atoms with E-state index in [0.717, 1.165) is 21.1 Å². The minimum Gasteiger partial charge on any atom is -0.482 e. The lowest BCUT2D eigenvalue weighted by Gasteiger charge is -2.28. The molecule has 144 valence electrons. The number of hydrogen-bond acceptors (Lipinski definition) is 8. The van der Waals surface area contributed by atoms with E-state index in [1.54, 1.807) is 12.1 Å². The van der Waals surface area contributed by atoms with Gasteiger partial charge < -0.3 is 9.15 Å². The highest BCUT2D eigenvalue weighted by atomic mass is 32.1. The number of aromatic nitrogens is 3. The fourth-order valence-electron chi connectivity index (χ4n) is 2.88. The van der Waals surface area contributed by atoms with Gasteiger partial charge in [0.15, 0.2) is 6.61 Å². The molecule has 1 aliphatic heterocycles. The van der Waals surface area contributed by atoms with E-state index in [-0.39, 0.29) is 25.1 Å². The Morgan fingerprint density at radius 3 is 2.86 bits per heavy atom. The van der Waals surface area contributed by atoms with E-state index in [0.29, 0.717) is 17.3 Å². The smallest absolute Gasteiger partial charge is 0.322 e. The molecule has 0 saturated carbocycles. The summed E-state index contributed by atoms with van der Waals surface area (Å²) in [5.41, 5.74) is 2.31. The molecule has 0 radical (unpaired) electrons. The number of nitrogens with zero attached hydrogens (tertiary/aromatic N) is 4. The maximum Gasteiger partial charge on any atom is 0.322 e. The zero-order valence-electron chi connectivity index (χ0n) is 15.5. The molecule has 0 aliphatic carbocycles. The fourth-order valence-corrected chi connectivity index (χ4v) is 3.72. The highest BCUT2D eigenvalue weighted by molar-refractivity contribution is 7.15. The van der Waals surface area contributed by atoms with Crippen molar-refractivity contribution >= 4 is 34.9 Å². The lowest BCUT2D eigenvalue weighted by Crippen LogP contribution is -2.43. The molecule has 9 nitrogen and oxygen atoms in total. The van der Waals surface area contributed by atoms with Gasteiger partial charge in [0.2, 0.25) is 5.91 Å². The number of carbonyl (C=O) groups excluding carboxylic acids is 2. The molecule has 0 spiro atoms. The number of nitrogens with one attached hydrogen (secondary N) is 1. The van der Waals surface area contributed by atoms with Crippen molar-refractivity contribution in [3.05, 3.63) is 34.5 Å². The molecule has 2 amide bonds. The van der Waals surface area contributed by atoms with Crippen LogP contribution in [0.5, 0.6) is 5.75 Å². The second kappa shape index (κ2) is 7.04. The lowest BCUT2D eigenvalue weighted by molar-refractivity contribution is -0.123. The Morgan fingerprint density at radius 2 is 2.11 bits per heavy atom. The molecule has 0 unspecified atom stereocenters. The first kappa shape index (κ1) is 18.1. The summed E-state index contributed by atoms with van der Waals surface area (Å²) in [6.07, 6.45) is 0. The van der Waals surface area contributed by atoms with Crippen LogP contribution in [0.3, 0.4) is 0 Å². The van der Waals surface area contributed by atoms with Gasteiger partial charge >= 0.3 is 6.01 Å². The number of ether oxygens (including phenoxy) is 1.